The number of hydrogen-bond acceptors (Lipinski definition) is 3. The van der Waals surface area contributed by atoms with Gasteiger partial charge in [-0.3, -0.25) is 4.72 Å². The van der Waals surface area contributed by atoms with Crippen molar-refractivity contribution in [3.05, 3.63) is 23.8 Å². The van der Waals surface area contributed by atoms with E-state index in [-0.39, 0.29) is 12.4 Å². The Balaban J connectivity index is 2.67. The summed E-state index contributed by atoms with van der Waals surface area (Å²) >= 11 is 0. The van der Waals surface area contributed by atoms with E-state index in [9.17, 15) is 34.8 Å². The van der Waals surface area contributed by atoms with Crippen molar-refractivity contribution in [3.8, 4) is 5.75 Å². The smallest absolute Gasteiger partial charge is 0.494 e. The highest BCUT2D eigenvalue weighted by Gasteiger charge is 2.47. The minimum absolute atomic E-state index is 0.153. The second-order valence-corrected chi connectivity index (χ2v) is 8.25. The number of alkyl halides is 6. The summed E-state index contributed by atoms with van der Waals surface area (Å²) in [6, 6.07) is 2.09. The van der Waals surface area contributed by atoms with E-state index >= 15 is 0 Å². The fourth-order valence-electron chi connectivity index (χ4n) is 2.57. The Morgan fingerprint density at radius 2 is 1.45 bits per heavy atom. The molecule has 1 aromatic rings. The highest BCUT2D eigenvalue weighted by atomic mass is 32.2. The maximum atomic E-state index is 13.1. The first-order chi connectivity index (χ1) is 13.4. The molecule has 11 heteroatoms. The van der Waals surface area contributed by atoms with Crippen molar-refractivity contribution in [1.29, 1.82) is 0 Å². The van der Waals surface area contributed by atoms with Gasteiger partial charge < -0.3 is 4.74 Å². The number of sulfonamides is 1. The third-order valence-electron chi connectivity index (χ3n) is 4.11. The van der Waals surface area contributed by atoms with E-state index in [1.165, 1.54) is 12.8 Å². The lowest BCUT2D eigenvalue weighted by Crippen LogP contribution is -2.30. The molecule has 1 rings (SSSR count). The van der Waals surface area contributed by atoms with Gasteiger partial charge in [0.1, 0.15) is 5.75 Å². The van der Waals surface area contributed by atoms with Crippen LogP contribution in [0.25, 0.3) is 0 Å². The monoisotopic (exact) mass is 449 g/mol. The maximum absolute atomic E-state index is 13.1. The number of unbranched alkanes of at least 4 members (excludes halogenated alkanes) is 7. The Hall–Kier alpha value is -1.65. The van der Waals surface area contributed by atoms with E-state index in [0.717, 1.165) is 42.9 Å². The van der Waals surface area contributed by atoms with Gasteiger partial charge in [0, 0.05) is 0 Å². The number of ether oxygens (including phenoxy) is 1. The Morgan fingerprint density at radius 3 is 1.97 bits per heavy atom. The molecule has 168 valence electrons. The zero-order chi connectivity index (χ0) is 22.1. The third kappa shape index (κ3) is 8.71. The standard InChI is InChI=1S/C18H25F6NO3S/c1-2-3-4-5-6-7-8-9-12-28-14-10-11-16(15(13-14)17(19,20)21)25-29(26,27)18(22,23)24/h10-11,13,25H,2-9,12H2,1H3. The Bertz CT molecular complexity index is 732. The molecule has 0 aliphatic carbocycles. The van der Waals surface area contributed by atoms with Crippen LogP contribution >= 0.6 is 0 Å². The molecule has 0 saturated carbocycles. The summed E-state index contributed by atoms with van der Waals surface area (Å²) in [5.41, 5.74) is -8.50. The van der Waals surface area contributed by atoms with Gasteiger partial charge in [-0.05, 0) is 24.6 Å². The summed E-state index contributed by atoms with van der Waals surface area (Å²) in [5, 5.41) is 0. The van der Waals surface area contributed by atoms with Crippen molar-refractivity contribution >= 4 is 15.7 Å². The molecule has 0 saturated heterocycles. The predicted octanol–water partition coefficient (Wildman–Crippen LogP) is 6.49. The van der Waals surface area contributed by atoms with Crippen molar-refractivity contribution in [1.82, 2.24) is 0 Å². The molecule has 1 N–H and O–H groups in total. The summed E-state index contributed by atoms with van der Waals surface area (Å²) < 4.78 is 105. The summed E-state index contributed by atoms with van der Waals surface area (Å²) in [6.45, 7) is 2.28. The fourth-order valence-corrected chi connectivity index (χ4v) is 3.15. The zero-order valence-corrected chi connectivity index (χ0v) is 16.8. The molecule has 0 aliphatic rings. The molecule has 0 fully saturated rings. The van der Waals surface area contributed by atoms with Crippen LogP contribution in [0.3, 0.4) is 0 Å². The van der Waals surface area contributed by atoms with Crippen molar-refractivity contribution in [2.75, 3.05) is 11.3 Å². The van der Waals surface area contributed by atoms with Crippen LogP contribution in [0.1, 0.15) is 63.9 Å². The van der Waals surface area contributed by atoms with E-state index < -0.39 is 33.0 Å². The quantitative estimate of drug-likeness (QED) is 0.293. The van der Waals surface area contributed by atoms with Gasteiger partial charge in [0.2, 0.25) is 0 Å². The molecule has 0 unspecified atom stereocenters. The van der Waals surface area contributed by atoms with Crippen molar-refractivity contribution in [2.45, 2.75) is 70.0 Å². The molecule has 1 aromatic carbocycles. The van der Waals surface area contributed by atoms with Gasteiger partial charge in [0.05, 0.1) is 17.9 Å². The molecule has 29 heavy (non-hydrogen) atoms. The minimum atomic E-state index is -5.97. The van der Waals surface area contributed by atoms with Gasteiger partial charge in [-0.15, -0.1) is 0 Å². The first-order valence-electron chi connectivity index (χ1n) is 9.31. The number of anilines is 1. The lowest BCUT2D eigenvalue weighted by Gasteiger charge is -2.17. The SMILES string of the molecule is CCCCCCCCCCOc1ccc(NS(=O)(=O)C(F)(F)F)c(C(F)(F)F)c1. The van der Waals surface area contributed by atoms with E-state index in [1.54, 1.807) is 0 Å². The van der Waals surface area contributed by atoms with Gasteiger partial charge in [0.25, 0.3) is 0 Å². The second-order valence-electron chi connectivity index (χ2n) is 6.58. The van der Waals surface area contributed by atoms with Crippen LogP contribution in [-0.2, 0) is 16.2 Å². The Labute approximate surface area is 166 Å². The number of halogens is 6. The van der Waals surface area contributed by atoms with E-state index in [2.05, 4.69) is 6.92 Å². The molecule has 0 atom stereocenters. The molecule has 0 aliphatic heterocycles. The number of benzene rings is 1. The van der Waals surface area contributed by atoms with Crippen LogP contribution in [0, 0.1) is 0 Å². The number of nitrogens with one attached hydrogen (secondary N) is 1. The molecule has 0 heterocycles. The highest BCUT2D eigenvalue weighted by molar-refractivity contribution is 7.93. The summed E-state index contributed by atoms with van der Waals surface area (Å²) in [6.07, 6.45) is 3.13. The molecule has 4 nitrogen and oxygen atoms in total. The largest absolute Gasteiger partial charge is 0.516 e. The van der Waals surface area contributed by atoms with Gasteiger partial charge in [0.15, 0.2) is 0 Å². The topological polar surface area (TPSA) is 55.4 Å². The van der Waals surface area contributed by atoms with Crippen molar-refractivity contribution < 1.29 is 39.5 Å². The van der Waals surface area contributed by atoms with Crippen LogP contribution < -0.4 is 9.46 Å². The first-order valence-corrected chi connectivity index (χ1v) is 10.8. The number of rotatable bonds is 12. The zero-order valence-electron chi connectivity index (χ0n) is 16.0. The molecule has 0 bridgehead atoms. The molecular formula is C18H25F6NO3S. The van der Waals surface area contributed by atoms with Crippen LogP contribution in [0.4, 0.5) is 32.0 Å². The lowest BCUT2D eigenvalue weighted by molar-refractivity contribution is -0.137. The van der Waals surface area contributed by atoms with E-state index in [1.807, 2.05) is 0 Å². The van der Waals surface area contributed by atoms with Crippen LogP contribution in [0.2, 0.25) is 0 Å². The molecule has 0 aromatic heterocycles. The van der Waals surface area contributed by atoms with Crippen LogP contribution in [-0.4, -0.2) is 20.5 Å². The predicted molar refractivity (Wildman–Crippen MR) is 98.1 cm³/mol. The van der Waals surface area contributed by atoms with E-state index in [0.29, 0.717) is 18.6 Å². The highest BCUT2D eigenvalue weighted by Crippen LogP contribution is 2.38. The summed E-state index contributed by atoms with van der Waals surface area (Å²) in [4.78, 5) is 0. The lowest BCUT2D eigenvalue weighted by atomic mass is 10.1. The van der Waals surface area contributed by atoms with Crippen molar-refractivity contribution in [2.24, 2.45) is 0 Å². The Kier molecular flexibility index (Phi) is 9.57. The van der Waals surface area contributed by atoms with Crippen LogP contribution in [0.5, 0.6) is 5.75 Å². The molecule has 0 spiro atoms. The van der Waals surface area contributed by atoms with E-state index in [4.69, 9.17) is 4.74 Å². The van der Waals surface area contributed by atoms with Gasteiger partial charge in [-0.25, -0.2) is 0 Å². The average molecular weight is 449 g/mol. The Morgan fingerprint density at radius 1 is 0.897 bits per heavy atom. The third-order valence-corrected chi connectivity index (χ3v) is 5.21. The van der Waals surface area contributed by atoms with Gasteiger partial charge in [-0.2, -0.15) is 34.8 Å². The van der Waals surface area contributed by atoms with Gasteiger partial charge in [-0.1, -0.05) is 51.9 Å². The normalized spacial score (nSPS) is 12.8. The summed E-state index contributed by atoms with van der Waals surface area (Å²) in [7, 11) is -5.97. The second kappa shape index (κ2) is 10.9. The van der Waals surface area contributed by atoms with Crippen LogP contribution in [0.15, 0.2) is 18.2 Å². The first kappa shape index (κ1) is 25.4. The molecule has 0 amide bonds. The molecular weight excluding hydrogens is 424 g/mol. The van der Waals surface area contributed by atoms with Crippen molar-refractivity contribution in [3.63, 3.8) is 0 Å². The minimum Gasteiger partial charge on any atom is -0.494 e. The van der Waals surface area contributed by atoms with Gasteiger partial charge >= 0.3 is 21.7 Å². The fraction of sp³-hybridized carbons (Fsp3) is 0.667. The maximum Gasteiger partial charge on any atom is 0.516 e. The summed E-state index contributed by atoms with van der Waals surface area (Å²) in [5.74, 6) is -0.199. The average Bonchev–Trinajstić information content (AvgIpc) is 2.59. The number of hydrogen-bond donors (Lipinski definition) is 1. The molecule has 0 radical (unpaired) electrons.